The molecule has 1 nitrogen and oxygen atoms in total. The Kier molecular flexibility index (Phi) is 4.28. The molecule has 2 N–H and O–H groups in total. The summed E-state index contributed by atoms with van der Waals surface area (Å²) in [7, 11) is 0. The first-order chi connectivity index (χ1) is 10.3. The van der Waals surface area contributed by atoms with Gasteiger partial charge in [0.05, 0.1) is 0 Å². The van der Waals surface area contributed by atoms with Crippen LogP contribution in [0.15, 0.2) is 65.6 Å². The van der Waals surface area contributed by atoms with Crippen LogP contribution in [0, 0.1) is 6.92 Å². The Hall–Kier alpha value is -1.77. The molecular formula is C19H19NS. The maximum atomic E-state index is 5.68. The standard InChI is InChI=1S/C19H19NS/c1-14-10-15(12-20)6-7-18(14)13-21-19-9-8-16-4-2-3-5-17(16)11-19/h2-11H,12-13,20H2,1H3. The molecule has 2 heteroatoms. The second kappa shape index (κ2) is 6.33. The number of aryl methyl sites for hydroxylation is 1. The molecule has 0 radical (unpaired) electrons. The highest BCUT2D eigenvalue weighted by molar-refractivity contribution is 7.98. The second-order valence-electron chi connectivity index (χ2n) is 5.26. The first-order valence-corrected chi connectivity index (χ1v) is 8.15. The van der Waals surface area contributed by atoms with Crippen molar-refractivity contribution >= 4 is 22.5 Å². The van der Waals surface area contributed by atoms with Gasteiger partial charge in [-0.25, -0.2) is 0 Å². The van der Waals surface area contributed by atoms with Gasteiger partial charge >= 0.3 is 0 Å². The Labute approximate surface area is 130 Å². The van der Waals surface area contributed by atoms with E-state index in [-0.39, 0.29) is 0 Å². The van der Waals surface area contributed by atoms with E-state index in [2.05, 4.69) is 67.6 Å². The van der Waals surface area contributed by atoms with Gasteiger partial charge in [-0.05, 0) is 46.5 Å². The van der Waals surface area contributed by atoms with Crippen LogP contribution in [0.2, 0.25) is 0 Å². The molecule has 3 rings (SSSR count). The first kappa shape index (κ1) is 14.2. The predicted octanol–water partition coefficient (Wildman–Crippen LogP) is 4.90. The Morgan fingerprint density at radius 3 is 2.48 bits per heavy atom. The van der Waals surface area contributed by atoms with Crippen LogP contribution in [0.5, 0.6) is 0 Å². The van der Waals surface area contributed by atoms with Crippen molar-refractivity contribution < 1.29 is 0 Å². The molecule has 0 saturated heterocycles. The summed E-state index contributed by atoms with van der Waals surface area (Å²) in [5.74, 6) is 0.995. The monoisotopic (exact) mass is 293 g/mol. The zero-order valence-corrected chi connectivity index (χ0v) is 13.0. The highest BCUT2D eigenvalue weighted by Crippen LogP contribution is 2.27. The molecule has 0 bridgehead atoms. The minimum absolute atomic E-state index is 0.610. The average molecular weight is 293 g/mol. The third-order valence-corrected chi connectivity index (χ3v) is 4.80. The lowest BCUT2D eigenvalue weighted by Gasteiger charge is -2.08. The summed E-state index contributed by atoms with van der Waals surface area (Å²) in [6, 6.07) is 21.7. The van der Waals surface area contributed by atoms with Crippen LogP contribution >= 0.6 is 11.8 Å². The fraction of sp³-hybridized carbons (Fsp3) is 0.158. The van der Waals surface area contributed by atoms with Crippen molar-refractivity contribution in [1.29, 1.82) is 0 Å². The number of hydrogen-bond acceptors (Lipinski definition) is 2. The molecule has 0 fully saturated rings. The fourth-order valence-corrected chi connectivity index (χ4v) is 3.49. The van der Waals surface area contributed by atoms with Crippen molar-refractivity contribution in [2.24, 2.45) is 5.73 Å². The van der Waals surface area contributed by atoms with E-state index in [1.54, 1.807) is 0 Å². The second-order valence-corrected chi connectivity index (χ2v) is 6.31. The minimum atomic E-state index is 0.610. The highest BCUT2D eigenvalue weighted by Gasteiger charge is 2.02. The lowest BCUT2D eigenvalue weighted by atomic mass is 10.1. The molecule has 0 spiro atoms. The van der Waals surface area contributed by atoms with Crippen LogP contribution in [0.25, 0.3) is 10.8 Å². The number of fused-ring (bicyclic) bond motifs is 1. The van der Waals surface area contributed by atoms with Gasteiger partial charge in [-0.2, -0.15) is 0 Å². The summed E-state index contributed by atoms with van der Waals surface area (Å²) >= 11 is 1.88. The van der Waals surface area contributed by atoms with Gasteiger partial charge in [0.1, 0.15) is 0 Å². The smallest absolute Gasteiger partial charge is 0.0234 e. The van der Waals surface area contributed by atoms with Crippen molar-refractivity contribution in [2.75, 3.05) is 0 Å². The average Bonchev–Trinajstić information content (AvgIpc) is 2.53. The van der Waals surface area contributed by atoms with Crippen LogP contribution in [0.4, 0.5) is 0 Å². The van der Waals surface area contributed by atoms with E-state index in [4.69, 9.17) is 5.73 Å². The van der Waals surface area contributed by atoms with Gasteiger partial charge < -0.3 is 5.73 Å². The number of rotatable bonds is 4. The van der Waals surface area contributed by atoms with E-state index < -0.39 is 0 Å². The van der Waals surface area contributed by atoms with Gasteiger partial charge in [0, 0.05) is 17.2 Å². The Morgan fingerprint density at radius 1 is 0.905 bits per heavy atom. The van der Waals surface area contributed by atoms with E-state index in [0.717, 1.165) is 5.75 Å². The topological polar surface area (TPSA) is 26.0 Å². The highest BCUT2D eigenvalue weighted by atomic mass is 32.2. The van der Waals surface area contributed by atoms with Crippen LogP contribution in [0.3, 0.4) is 0 Å². The van der Waals surface area contributed by atoms with E-state index >= 15 is 0 Å². The summed E-state index contributed by atoms with van der Waals surface area (Å²) in [5, 5.41) is 2.60. The maximum Gasteiger partial charge on any atom is 0.0234 e. The summed E-state index contributed by atoms with van der Waals surface area (Å²) in [5.41, 5.74) is 9.59. The SMILES string of the molecule is Cc1cc(CN)ccc1CSc1ccc2ccccc2c1. The van der Waals surface area contributed by atoms with Gasteiger partial charge in [0.25, 0.3) is 0 Å². The molecule has 0 atom stereocenters. The van der Waals surface area contributed by atoms with Crippen LogP contribution < -0.4 is 5.73 Å². The van der Waals surface area contributed by atoms with Crippen LogP contribution in [0.1, 0.15) is 16.7 Å². The Bertz CT molecular complexity index is 764. The quantitative estimate of drug-likeness (QED) is 0.692. The zero-order chi connectivity index (χ0) is 14.7. The summed E-state index contributed by atoms with van der Waals surface area (Å²) in [6.45, 7) is 2.77. The maximum absolute atomic E-state index is 5.68. The number of benzene rings is 3. The van der Waals surface area contributed by atoms with Crippen molar-refractivity contribution in [3.05, 3.63) is 77.4 Å². The third-order valence-electron chi connectivity index (χ3n) is 3.76. The largest absolute Gasteiger partial charge is 0.326 e. The molecule has 106 valence electrons. The molecule has 3 aromatic rings. The van der Waals surface area contributed by atoms with Gasteiger partial charge in [0.2, 0.25) is 0 Å². The van der Waals surface area contributed by atoms with Gasteiger partial charge in [-0.1, -0.05) is 48.5 Å². The molecular weight excluding hydrogens is 274 g/mol. The van der Waals surface area contributed by atoms with Crippen molar-refractivity contribution in [2.45, 2.75) is 24.1 Å². The molecule has 21 heavy (non-hydrogen) atoms. The molecule has 3 aromatic carbocycles. The van der Waals surface area contributed by atoms with Gasteiger partial charge in [-0.3, -0.25) is 0 Å². The van der Waals surface area contributed by atoms with E-state index in [0.29, 0.717) is 6.54 Å². The number of hydrogen-bond donors (Lipinski definition) is 1. The molecule has 0 aliphatic carbocycles. The summed E-state index contributed by atoms with van der Waals surface area (Å²) in [6.07, 6.45) is 0. The van der Waals surface area contributed by atoms with Crippen molar-refractivity contribution in [3.63, 3.8) is 0 Å². The zero-order valence-electron chi connectivity index (χ0n) is 12.2. The normalized spacial score (nSPS) is 11.0. The summed E-state index contributed by atoms with van der Waals surface area (Å²) < 4.78 is 0. The fourth-order valence-electron chi connectivity index (χ4n) is 2.47. The lowest BCUT2D eigenvalue weighted by molar-refractivity contribution is 1.06. The number of nitrogens with two attached hydrogens (primary N) is 1. The molecule has 0 unspecified atom stereocenters. The van der Waals surface area contributed by atoms with E-state index in [1.165, 1.54) is 32.4 Å². The third kappa shape index (κ3) is 3.29. The molecule has 0 aliphatic heterocycles. The molecule has 0 aliphatic rings. The van der Waals surface area contributed by atoms with Gasteiger partial charge in [0.15, 0.2) is 0 Å². The number of thioether (sulfide) groups is 1. The molecule has 0 amide bonds. The predicted molar refractivity (Wildman–Crippen MR) is 92.6 cm³/mol. The van der Waals surface area contributed by atoms with Gasteiger partial charge in [-0.15, -0.1) is 11.8 Å². The molecule has 0 aromatic heterocycles. The van der Waals surface area contributed by atoms with Crippen LogP contribution in [-0.2, 0) is 12.3 Å². The Balaban J connectivity index is 1.77. The lowest BCUT2D eigenvalue weighted by Crippen LogP contribution is -1.97. The van der Waals surface area contributed by atoms with E-state index in [1.807, 2.05) is 11.8 Å². The van der Waals surface area contributed by atoms with Crippen molar-refractivity contribution in [1.82, 2.24) is 0 Å². The van der Waals surface area contributed by atoms with E-state index in [9.17, 15) is 0 Å². The van der Waals surface area contributed by atoms with Crippen LogP contribution in [-0.4, -0.2) is 0 Å². The first-order valence-electron chi connectivity index (χ1n) is 7.16. The minimum Gasteiger partial charge on any atom is -0.326 e. The Morgan fingerprint density at radius 2 is 1.71 bits per heavy atom. The van der Waals surface area contributed by atoms with Crippen molar-refractivity contribution in [3.8, 4) is 0 Å². The summed E-state index contributed by atoms with van der Waals surface area (Å²) in [4.78, 5) is 1.32. The molecule has 0 heterocycles. The molecule has 0 saturated carbocycles.